The lowest BCUT2D eigenvalue weighted by Crippen LogP contribution is -2.08. The molecule has 1 aromatic carbocycles. The third kappa shape index (κ3) is 1.92. The van der Waals surface area contributed by atoms with Crippen molar-refractivity contribution < 1.29 is 14.3 Å². The fraction of sp³-hybridized carbons (Fsp3) is 0.364. The molecule has 0 fully saturated rings. The standard InChI is InChI=1S/C11H13FO2/c1-6-4-9(8(3)11(13)14)5-7(2)10(6)12/h4-5,8H,1-3H3,(H,13,14). The quantitative estimate of drug-likeness (QED) is 0.789. The van der Waals surface area contributed by atoms with Crippen molar-refractivity contribution in [2.45, 2.75) is 26.7 Å². The molecule has 3 heteroatoms. The third-order valence-corrected chi connectivity index (χ3v) is 2.33. The Morgan fingerprint density at radius 2 is 1.79 bits per heavy atom. The molecule has 0 saturated carbocycles. The van der Waals surface area contributed by atoms with Gasteiger partial charge in [0.2, 0.25) is 0 Å². The average Bonchev–Trinajstić information content (AvgIpc) is 2.12. The molecule has 0 aliphatic carbocycles. The molecule has 0 bridgehead atoms. The minimum atomic E-state index is -0.893. The molecule has 0 radical (unpaired) electrons. The van der Waals surface area contributed by atoms with Crippen LogP contribution in [0.15, 0.2) is 12.1 Å². The first-order chi connectivity index (χ1) is 6.43. The van der Waals surface area contributed by atoms with Crippen LogP contribution in [-0.4, -0.2) is 11.1 Å². The molecule has 1 atom stereocenters. The van der Waals surface area contributed by atoms with Gasteiger partial charge in [0, 0.05) is 0 Å². The normalized spacial score (nSPS) is 12.6. The van der Waals surface area contributed by atoms with E-state index in [1.807, 2.05) is 0 Å². The van der Waals surface area contributed by atoms with Gasteiger partial charge in [0.25, 0.3) is 0 Å². The van der Waals surface area contributed by atoms with Gasteiger partial charge in [-0.2, -0.15) is 0 Å². The van der Waals surface area contributed by atoms with Gasteiger partial charge in [0.15, 0.2) is 0 Å². The van der Waals surface area contributed by atoms with Crippen LogP contribution >= 0.6 is 0 Å². The molecule has 76 valence electrons. The lowest BCUT2D eigenvalue weighted by molar-refractivity contribution is -0.138. The fourth-order valence-corrected chi connectivity index (χ4v) is 1.37. The van der Waals surface area contributed by atoms with Crippen LogP contribution in [0.1, 0.15) is 29.5 Å². The van der Waals surface area contributed by atoms with Crippen molar-refractivity contribution in [1.29, 1.82) is 0 Å². The number of hydrogen-bond donors (Lipinski definition) is 1. The molecule has 2 nitrogen and oxygen atoms in total. The van der Waals surface area contributed by atoms with Crippen LogP contribution in [0, 0.1) is 19.7 Å². The van der Waals surface area contributed by atoms with Crippen LogP contribution in [0.4, 0.5) is 4.39 Å². The number of benzene rings is 1. The predicted molar refractivity (Wildman–Crippen MR) is 51.9 cm³/mol. The summed E-state index contributed by atoms with van der Waals surface area (Å²) in [6.45, 7) is 4.87. The van der Waals surface area contributed by atoms with Crippen LogP contribution in [0.25, 0.3) is 0 Å². The predicted octanol–water partition coefficient (Wildman–Crippen LogP) is 2.63. The highest BCUT2D eigenvalue weighted by Crippen LogP contribution is 2.21. The third-order valence-electron chi connectivity index (χ3n) is 2.33. The van der Waals surface area contributed by atoms with Crippen LogP contribution in [-0.2, 0) is 4.79 Å². The Labute approximate surface area is 82.4 Å². The van der Waals surface area contributed by atoms with Crippen molar-refractivity contribution in [3.05, 3.63) is 34.6 Å². The molecule has 1 rings (SSSR count). The summed E-state index contributed by atoms with van der Waals surface area (Å²) in [6, 6.07) is 3.17. The fourth-order valence-electron chi connectivity index (χ4n) is 1.37. The topological polar surface area (TPSA) is 37.3 Å². The smallest absolute Gasteiger partial charge is 0.310 e. The molecule has 0 aliphatic heterocycles. The molecule has 1 aromatic rings. The maximum absolute atomic E-state index is 13.2. The Bertz CT molecular complexity index is 349. The minimum absolute atomic E-state index is 0.258. The lowest BCUT2D eigenvalue weighted by atomic mass is 9.97. The largest absolute Gasteiger partial charge is 0.481 e. The van der Waals surface area contributed by atoms with E-state index in [1.165, 1.54) is 0 Å². The molecule has 0 spiro atoms. The average molecular weight is 196 g/mol. The van der Waals surface area contributed by atoms with Gasteiger partial charge >= 0.3 is 5.97 Å². The van der Waals surface area contributed by atoms with Gasteiger partial charge in [-0.15, -0.1) is 0 Å². The van der Waals surface area contributed by atoms with Crippen molar-refractivity contribution in [2.75, 3.05) is 0 Å². The van der Waals surface area contributed by atoms with Gasteiger partial charge in [0.1, 0.15) is 5.82 Å². The van der Waals surface area contributed by atoms with Crippen LogP contribution < -0.4 is 0 Å². The number of carboxylic acid groups (broad SMARTS) is 1. The molecule has 0 amide bonds. The Morgan fingerprint density at radius 1 is 1.36 bits per heavy atom. The first-order valence-corrected chi connectivity index (χ1v) is 4.43. The number of halogens is 1. The van der Waals surface area contributed by atoms with E-state index < -0.39 is 11.9 Å². The highest BCUT2D eigenvalue weighted by molar-refractivity contribution is 5.75. The SMILES string of the molecule is Cc1cc(C(C)C(=O)O)cc(C)c1F. The molecule has 1 unspecified atom stereocenters. The van der Waals surface area contributed by atoms with Crippen molar-refractivity contribution in [3.63, 3.8) is 0 Å². The van der Waals surface area contributed by atoms with E-state index in [0.29, 0.717) is 16.7 Å². The van der Waals surface area contributed by atoms with E-state index in [1.54, 1.807) is 32.9 Å². The zero-order valence-corrected chi connectivity index (χ0v) is 8.47. The maximum Gasteiger partial charge on any atom is 0.310 e. The second kappa shape index (κ2) is 3.78. The van der Waals surface area contributed by atoms with Gasteiger partial charge < -0.3 is 5.11 Å². The highest BCUT2D eigenvalue weighted by atomic mass is 19.1. The molecule has 0 saturated heterocycles. The maximum atomic E-state index is 13.2. The molecular formula is C11H13FO2. The van der Waals surface area contributed by atoms with Gasteiger partial charge in [0.05, 0.1) is 5.92 Å². The second-order valence-corrected chi connectivity index (χ2v) is 3.53. The summed E-state index contributed by atoms with van der Waals surface area (Å²) in [5, 5.41) is 8.79. The summed E-state index contributed by atoms with van der Waals surface area (Å²) in [7, 11) is 0. The molecule has 1 N–H and O–H groups in total. The van der Waals surface area contributed by atoms with E-state index in [2.05, 4.69) is 0 Å². The Morgan fingerprint density at radius 3 is 2.14 bits per heavy atom. The molecule has 0 aliphatic rings. The number of aliphatic carboxylic acids is 1. The summed E-state index contributed by atoms with van der Waals surface area (Å²) >= 11 is 0. The van der Waals surface area contributed by atoms with E-state index in [4.69, 9.17) is 5.11 Å². The monoisotopic (exact) mass is 196 g/mol. The number of hydrogen-bond acceptors (Lipinski definition) is 1. The summed E-state index contributed by atoms with van der Waals surface area (Å²) in [6.07, 6.45) is 0. The van der Waals surface area contributed by atoms with Gasteiger partial charge in [-0.1, -0.05) is 12.1 Å². The first-order valence-electron chi connectivity index (χ1n) is 4.43. The Hall–Kier alpha value is -1.38. The number of carboxylic acids is 1. The van der Waals surface area contributed by atoms with Crippen LogP contribution in [0.2, 0.25) is 0 Å². The van der Waals surface area contributed by atoms with Crippen molar-refractivity contribution >= 4 is 5.97 Å². The van der Waals surface area contributed by atoms with Gasteiger partial charge in [-0.3, -0.25) is 4.79 Å². The zero-order valence-electron chi connectivity index (χ0n) is 8.47. The summed E-state index contributed by atoms with van der Waals surface area (Å²) in [4.78, 5) is 10.7. The van der Waals surface area contributed by atoms with Gasteiger partial charge in [-0.25, -0.2) is 4.39 Å². The Balaban J connectivity index is 3.19. The van der Waals surface area contributed by atoms with E-state index in [-0.39, 0.29) is 5.82 Å². The number of rotatable bonds is 2. The zero-order chi connectivity index (χ0) is 10.9. The molecule has 0 aromatic heterocycles. The minimum Gasteiger partial charge on any atom is -0.481 e. The van der Waals surface area contributed by atoms with Crippen molar-refractivity contribution in [2.24, 2.45) is 0 Å². The number of carbonyl (C=O) groups is 1. The Kier molecular flexibility index (Phi) is 2.89. The molecule has 14 heavy (non-hydrogen) atoms. The second-order valence-electron chi connectivity index (χ2n) is 3.53. The summed E-state index contributed by atoms with van der Waals surface area (Å²) in [5.41, 5.74) is 1.63. The molecule has 0 heterocycles. The lowest BCUT2D eigenvalue weighted by Gasteiger charge is -2.10. The van der Waals surface area contributed by atoms with Crippen LogP contribution in [0.3, 0.4) is 0 Å². The van der Waals surface area contributed by atoms with E-state index in [9.17, 15) is 9.18 Å². The van der Waals surface area contributed by atoms with E-state index >= 15 is 0 Å². The van der Waals surface area contributed by atoms with Crippen molar-refractivity contribution in [1.82, 2.24) is 0 Å². The van der Waals surface area contributed by atoms with E-state index in [0.717, 1.165) is 0 Å². The highest BCUT2D eigenvalue weighted by Gasteiger charge is 2.15. The first kappa shape index (κ1) is 10.7. The van der Waals surface area contributed by atoms with Gasteiger partial charge in [-0.05, 0) is 37.5 Å². The van der Waals surface area contributed by atoms with Crippen molar-refractivity contribution in [3.8, 4) is 0 Å². The summed E-state index contributed by atoms with van der Waals surface area (Å²) < 4.78 is 13.2. The summed E-state index contributed by atoms with van der Waals surface area (Å²) in [5.74, 6) is -1.74. The number of aryl methyl sites for hydroxylation is 2. The van der Waals surface area contributed by atoms with Crippen LogP contribution in [0.5, 0.6) is 0 Å². The molecular weight excluding hydrogens is 183 g/mol.